The van der Waals surface area contributed by atoms with Gasteiger partial charge in [0.1, 0.15) is 5.82 Å². The molecule has 0 fully saturated rings. The van der Waals surface area contributed by atoms with Gasteiger partial charge in [-0.1, -0.05) is 18.5 Å². The SMILES string of the molecule is CCC(C)Nc1cc(C(=O)O)c(Cl)cn1. The van der Waals surface area contributed by atoms with Crippen molar-refractivity contribution in [3.05, 3.63) is 22.8 Å². The van der Waals surface area contributed by atoms with Gasteiger partial charge >= 0.3 is 5.97 Å². The van der Waals surface area contributed by atoms with Gasteiger partial charge in [-0.05, 0) is 19.4 Å². The number of carbonyl (C=O) groups is 1. The van der Waals surface area contributed by atoms with Gasteiger partial charge in [-0.25, -0.2) is 9.78 Å². The van der Waals surface area contributed by atoms with E-state index in [0.29, 0.717) is 5.82 Å². The summed E-state index contributed by atoms with van der Waals surface area (Å²) >= 11 is 5.69. The number of carboxylic acid groups (broad SMARTS) is 1. The third kappa shape index (κ3) is 3.09. The maximum absolute atomic E-state index is 10.8. The topological polar surface area (TPSA) is 62.2 Å². The van der Waals surface area contributed by atoms with Gasteiger partial charge in [-0.15, -0.1) is 0 Å². The fourth-order valence-corrected chi connectivity index (χ4v) is 1.22. The molecular weight excluding hydrogens is 216 g/mol. The highest BCUT2D eigenvalue weighted by atomic mass is 35.5. The highest BCUT2D eigenvalue weighted by molar-refractivity contribution is 6.33. The molecule has 0 aromatic carbocycles. The second-order valence-corrected chi connectivity index (χ2v) is 3.72. The van der Waals surface area contributed by atoms with Crippen molar-refractivity contribution in [2.75, 3.05) is 5.32 Å². The number of aromatic carboxylic acids is 1. The molecule has 5 heteroatoms. The first-order chi connectivity index (χ1) is 7.04. The molecule has 0 saturated carbocycles. The zero-order valence-electron chi connectivity index (χ0n) is 8.62. The Hall–Kier alpha value is -1.29. The van der Waals surface area contributed by atoms with E-state index in [1.54, 1.807) is 0 Å². The Balaban J connectivity index is 2.92. The second kappa shape index (κ2) is 4.98. The van der Waals surface area contributed by atoms with Crippen LogP contribution in [0.5, 0.6) is 0 Å². The normalized spacial score (nSPS) is 12.2. The summed E-state index contributed by atoms with van der Waals surface area (Å²) in [6, 6.07) is 1.69. The number of nitrogens with zero attached hydrogens (tertiary/aromatic N) is 1. The second-order valence-electron chi connectivity index (χ2n) is 3.31. The lowest BCUT2D eigenvalue weighted by atomic mass is 10.2. The largest absolute Gasteiger partial charge is 0.478 e. The number of hydrogen-bond donors (Lipinski definition) is 2. The Morgan fingerprint density at radius 1 is 1.73 bits per heavy atom. The van der Waals surface area contributed by atoms with Crippen molar-refractivity contribution in [1.29, 1.82) is 0 Å². The third-order valence-electron chi connectivity index (χ3n) is 2.09. The highest BCUT2D eigenvalue weighted by Gasteiger charge is 2.10. The van der Waals surface area contributed by atoms with Crippen LogP contribution in [0.3, 0.4) is 0 Å². The van der Waals surface area contributed by atoms with E-state index < -0.39 is 5.97 Å². The average Bonchev–Trinajstić information content (AvgIpc) is 2.20. The zero-order valence-corrected chi connectivity index (χ0v) is 9.38. The van der Waals surface area contributed by atoms with Gasteiger partial charge in [0.15, 0.2) is 0 Å². The minimum Gasteiger partial charge on any atom is -0.478 e. The van der Waals surface area contributed by atoms with Crippen LogP contribution in [0.25, 0.3) is 0 Å². The van der Waals surface area contributed by atoms with Crippen LogP contribution < -0.4 is 5.32 Å². The number of halogens is 1. The van der Waals surface area contributed by atoms with E-state index in [1.807, 2.05) is 13.8 Å². The highest BCUT2D eigenvalue weighted by Crippen LogP contribution is 2.18. The number of rotatable bonds is 4. The van der Waals surface area contributed by atoms with Crippen LogP contribution in [0.15, 0.2) is 12.3 Å². The minimum absolute atomic E-state index is 0.0671. The number of nitrogens with one attached hydrogen (secondary N) is 1. The zero-order chi connectivity index (χ0) is 11.4. The van der Waals surface area contributed by atoms with E-state index in [1.165, 1.54) is 12.3 Å². The van der Waals surface area contributed by atoms with E-state index >= 15 is 0 Å². The van der Waals surface area contributed by atoms with Gasteiger partial charge in [0.2, 0.25) is 0 Å². The molecule has 1 aromatic heterocycles. The number of carboxylic acids is 1. The van der Waals surface area contributed by atoms with E-state index in [2.05, 4.69) is 10.3 Å². The first-order valence-electron chi connectivity index (χ1n) is 4.70. The molecule has 1 heterocycles. The molecule has 0 radical (unpaired) electrons. The standard InChI is InChI=1S/C10H13ClN2O2/c1-3-6(2)13-9-4-7(10(14)15)8(11)5-12-9/h4-6H,3H2,1-2H3,(H,12,13)(H,14,15). The summed E-state index contributed by atoms with van der Waals surface area (Å²) in [7, 11) is 0. The van der Waals surface area contributed by atoms with Crippen LogP contribution in [0.2, 0.25) is 5.02 Å². The molecule has 0 aliphatic carbocycles. The predicted molar refractivity (Wildman–Crippen MR) is 59.6 cm³/mol. The van der Waals surface area contributed by atoms with Crippen molar-refractivity contribution in [1.82, 2.24) is 4.98 Å². The molecule has 4 nitrogen and oxygen atoms in total. The van der Waals surface area contributed by atoms with Gasteiger partial charge in [-0.3, -0.25) is 0 Å². The molecule has 1 rings (SSSR count). The first-order valence-corrected chi connectivity index (χ1v) is 5.07. The number of pyridine rings is 1. The monoisotopic (exact) mass is 228 g/mol. The maximum Gasteiger partial charge on any atom is 0.337 e. The lowest BCUT2D eigenvalue weighted by molar-refractivity contribution is 0.0697. The van der Waals surface area contributed by atoms with Crippen LogP contribution in [-0.4, -0.2) is 22.1 Å². The Morgan fingerprint density at radius 2 is 2.40 bits per heavy atom. The molecule has 0 bridgehead atoms. The van der Waals surface area contributed by atoms with Gasteiger partial charge in [0.05, 0.1) is 10.6 Å². The number of anilines is 1. The van der Waals surface area contributed by atoms with Crippen molar-refractivity contribution < 1.29 is 9.90 Å². The molecule has 0 saturated heterocycles. The Labute approximate surface area is 93.3 Å². The molecule has 0 spiro atoms. The maximum atomic E-state index is 10.8. The van der Waals surface area contributed by atoms with E-state index in [9.17, 15) is 4.79 Å². The Bertz CT molecular complexity index is 368. The quantitative estimate of drug-likeness (QED) is 0.832. The summed E-state index contributed by atoms with van der Waals surface area (Å²) in [6.45, 7) is 4.03. The van der Waals surface area contributed by atoms with Gasteiger partial charge in [-0.2, -0.15) is 0 Å². The number of aromatic nitrogens is 1. The average molecular weight is 229 g/mol. The Kier molecular flexibility index (Phi) is 3.91. The van der Waals surface area contributed by atoms with Crippen LogP contribution >= 0.6 is 11.6 Å². The molecular formula is C10H13ClN2O2. The van der Waals surface area contributed by atoms with Crippen LogP contribution in [0.1, 0.15) is 30.6 Å². The molecule has 82 valence electrons. The molecule has 0 amide bonds. The van der Waals surface area contributed by atoms with E-state index in [0.717, 1.165) is 6.42 Å². The fraction of sp³-hybridized carbons (Fsp3) is 0.400. The van der Waals surface area contributed by atoms with Crippen molar-refractivity contribution in [3.8, 4) is 0 Å². The molecule has 1 aromatic rings. The van der Waals surface area contributed by atoms with Gasteiger partial charge < -0.3 is 10.4 Å². The van der Waals surface area contributed by atoms with Gasteiger partial charge in [0, 0.05) is 12.2 Å². The summed E-state index contributed by atoms with van der Waals surface area (Å²) in [4.78, 5) is 14.8. The first kappa shape index (κ1) is 11.8. The van der Waals surface area contributed by atoms with E-state index in [4.69, 9.17) is 16.7 Å². The molecule has 0 aliphatic rings. The summed E-state index contributed by atoms with van der Waals surface area (Å²) in [5.74, 6) is -0.513. The predicted octanol–water partition coefficient (Wildman–Crippen LogP) is 2.64. The number of hydrogen-bond acceptors (Lipinski definition) is 3. The smallest absolute Gasteiger partial charge is 0.337 e. The molecule has 0 aliphatic heterocycles. The van der Waals surface area contributed by atoms with Crippen LogP contribution in [0.4, 0.5) is 5.82 Å². The third-order valence-corrected chi connectivity index (χ3v) is 2.39. The van der Waals surface area contributed by atoms with Crippen molar-refractivity contribution in [3.63, 3.8) is 0 Å². The van der Waals surface area contributed by atoms with Crippen molar-refractivity contribution in [2.24, 2.45) is 0 Å². The van der Waals surface area contributed by atoms with Gasteiger partial charge in [0.25, 0.3) is 0 Å². The van der Waals surface area contributed by atoms with Crippen LogP contribution in [-0.2, 0) is 0 Å². The molecule has 2 N–H and O–H groups in total. The molecule has 1 atom stereocenters. The minimum atomic E-state index is -1.05. The van der Waals surface area contributed by atoms with Crippen molar-refractivity contribution in [2.45, 2.75) is 26.3 Å². The summed E-state index contributed by atoms with van der Waals surface area (Å²) in [5.41, 5.74) is 0.0671. The summed E-state index contributed by atoms with van der Waals surface area (Å²) < 4.78 is 0. The summed E-state index contributed by atoms with van der Waals surface area (Å²) in [6.07, 6.45) is 2.28. The lowest BCUT2D eigenvalue weighted by Crippen LogP contribution is -2.15. The fourth-order valence-electron chi connectivity index (χ4n) is 1.04. The Morgan fingerprint density at radius 3 is 2.93 bits per heavy atom. The molecule has 1 unspecified atom stereocenters. The van der Waals surface area contributed by atoms with E-state index in [-0.39, 0.29) is 16.6 Å². The molecule has 15 heavy (non-hydrogen) atoms. The van der Waals surface area contributed by atoms with Crippen molar-refractivity contribution >= 4 is 23.4 Å². The lowest BCUT2D eigenvalue weighted by Gasteiger charge is -2.12. The van der Waals surface area contributed by atoms with Crippen LogP contribution in [0, 0.1) is 0 Å². The summed E-state index contributed by atoms with van der Waals surface area (Å²) in [5, 5.41) is 12.1.